The number of carboxylic acids is 1. The predicted molar refractivity (Wildman–Crippen MR) is 58.4 cm³/mol. The Labute approximate surface area is 92.9 Å². The normalized spacial score (nSPS) is 10.2. The summed E-state index contributed by atoms with van der Waals surface area (Å²) in [6.07, 6.45) is 1.32. The Balaban J connectivity index is 2.62. The van der Waals surface area contributed by atoms with Gasteiger partial charge in [-0.2, -0.15) is 0 Å². The number of hydrogen-bond donors (Lipinski definition) is 2. The summed E-state index contributed by atoms with van der Waals surface area (Å²) in [7, 11) is 3.57. The Morgan fingerprint density at radius 2 is 2.12 bits per heavy atom. The first-order valence-corrected chi connectivity index (χ1v) is 4.63. The molecule has 0 aliphatic heterocycles. The molecule has 16 heavy (non-hydrogen) atoms. The Kier molecular flexibility index (Phi) is 3.96. The van der Waals surface area contributed by atoms with Crippen LogP contribution in [-0.2, 0) is 4.79 Å². The van der Waals surface area contributed by atoms with Crippen molar-refractivity contribution in [2.24, 2.45) is 0 Å². The second kappa shape index (κ2) is 5.22. The summed E-state index contributed by atoms with van der Waals surface area (Å²) in [5.41, 5.74) is 0.433. The topological polar surface area (TPSA) is 82.5 Å². The van der Waals surface area contributed by atoms with E-state index in [9.17, 15) is 9.59 Å². The molecule has 1 heterocycles. The third kappa shape index (κ3) is 3.66. The van der Waals surface area contributed by atoms with Crippen LogP contribution in [0.15, 0.2) is 18.3 Å². The molecule has 0 aromatic carbocycles. The van der Waals surface area contributed by atoms with Crippen LogP contribution in [0, 0.1) is 0 Å². The molecule has 0 radical (unpaired) electrons. The molecule has 0 atom stereocenters. The molecule has 0 fully saturated rings. The molecule has 0 aliphatic rings. The van der Waals surface area contributed by atoms with Gasteiger partial charge in [-0.25, -0.2) is 9.78 Å². The van der Waals surface area contributed by atoms with Gasteiger partial charge in [0.15, 0.2) is 0 Å². The molecular weight excluding hydrogens is 210 g/mol. The van der Waals surface area contributed by atoms with E-state index in [-0.39, 0.29) is 18.1 Å². The van der Waals surface area contributed by atoms with Crippen molar-refractivity contribution in [3.8, 4) is 0 Å². The Hall–Kier alpha value is -1.95. The fraction of sp³-hybridized carbons (Fsp3) is 0.300. The molecule has 0 aliphatic carbocycles. The van der Waals surface area contributed by atoms with Crippen molar-refractivity contribution in [3.05, 3.63) is 24.0 Å². The number of anilines is 1. The van der Waals surface area contributed by atoms with Crippen LogP contribution in [0.3, 0.4) is 0 Å². The lowest BCUT2D eigenvalue weighted by Gasteiger charge is -2.09. The SMILES string of the molecule is CN(C)CC(=O)Nc1ccc(C(=O)O)nc1. The van der Waals surface area contributed by atoms with Crippen LogP contribution in [-0.4, -0.2) is 47.5 Å². The van der Waals surface area contributed by atoms with E-state index in [4.69, 9.17) is 5.11 Å². The van der Waals surface area contributed by atoms with Gasteiger partial charge in [0.1, 0.15) is 5.69 Å². The number of carbonyl (C=O) groups is 2. The van der Waals surface area contributed by atoms with E-state index in [1.54, 1.807) is 19.0 Å². The Morgan fingerprint density at radius 3 is 2.56 bits per heavy atom. The molecule has 0 bridgehead atoms. The van der Waals surface area contributed by atoms with Gasteiger partial charge in [0.05, 0.1) is 18.4 Å². The lowest BCUT2D eigenvalue weighted by Crippen LogP contribution is -2.27. The largest absolute Gasteiger partial charge is 0.477 e. The zero-order valence-corrected chi connectivity index (χ0v) is 9.10. The number of hydrogen-bond acceptors (Lipinski definition) is 4. The summed E-state index contributed by atoms with van der Waals surface area (Å²) in [4.78, 5) is 27.3. The van der Waals surface area contributed by atoms with Crippen molar-refractivity contribution in [1.29, 1.82) is 0 Å². The number of rotatable bonds is 4. The first-order chi connectivity index (χ1) is 7.49. The van der Waals surface area contributed by atoms with E-state index in [1.807, 2.05) is 0 Å². The third-order valence-corrected chi connectivity index (χ3v) is 1.73. The van der Waals surface area contributed by atoms with Crippen LogP contribution in [0.4, 0.5) is 5.69 Å². The van der Waals surface area contributed by atoms with Crippen molar-refractivity contribution < 1.29 is 14.7 Å². The number of pyridine rings is 1. The minimum atomic E-state index is -1.09. The zero-order valence-electron chi connectivity index (χ0n) is 9.10. The second-order valence-electron chi connectivity index (χ2n) is 3.52. The highest BCUT2D eigenvalue weighted by atomic mass is 16.4. The van der Waals surface area contributed by atoms with Crippen molar-refractivity contribution >= 4 is 17.6 Å². The van der Waals surface area contributed by atoms with E-state index in [2.05, 4.69) is 10.3 Å². The maximum atomic E-state index is 11.3. The molecule has 0 spiro atoms. The summed E-state index contributed by atoms with van der Waals surface area (Å²) in [5.74, 6) is -1.26. The summed E-state index contributed by atoms with van der Waals surface area (Å²) in [6.45, 7) is 0.265. The molecule has 1 rings (SSSR count). The van der Waals surface area contributed by atoms with E-state index in [0.717, 1.165) is 0 Å². The van der Waals surface area contributed by atoms with Crippen LogP contribution in [0.25, 0.3) is 0 Å². The first kappa shape index (κ1) is 12.1. The minimum Gasteiger partial charge on any atom is -0.477 e. The maximum absolute atomic E-state index is 11.3. The summed E-state index contributed by atoms with van der Waals surface area (Å²) < 4.78 is 0. The standard InChI is InChI=1S/C10H13N3O3/c1-13(2)6-9(14)12-7-3-4-8(10(15)16)11-5-7/h3-5H,6H2,1-2H3,(H,12,14)(H,15,16). The van der Waals surface area contributed by atoms with E-state index < -0.39 is 5.97 Å². The maximum Gasteiger partial charge on any atom is 0.354 e. The molecule has 0 saturated heterocycles. The molecule has 1 aromatic heterocycles. The summed E-state index contributed by atoms with van der Waals surface area (Å²) in [6, 6.07) is 2.84. The monoisotopic (exact) mass is 223 g/mol. The predicted octanol–water partition coefficient (Wildman–Crippen LogP) is 0.280. The van der Waals surface area contributed by atoms with Crippen LogP contribution < -0.4 is 5.32 Å². The minimum absolute atomic E-state index is 0.0504. The Morgan fingerprint density at radius 1 is 1.44 bits per heavy atom. The summed E-state index contributed by atoms with van der Waals surface area (Å²) in [5, 5.41) is 11.2. The van der Waals surface area contributed by atoms with Gasteiger partial charge >= 0.3 is 5.97 Å². The molecule has 6 nitrogen and oxygen atoms in total. The van der Waals surface area contributed by atoms with Gasteiger partial charge in [-0.05, 0) is 26.2 Å². The van der Waals surface area contributed by atoms with Crippen molar-refractivity contribution in [2.75, 3.05) is 26.0 Å². The van der Waals surface area contributed by atoms with Gasteiger partial charge in [-0.1, -0.05) is 0 Å². The number of aromatic carboxylic acids is 1. The zero-order chi connectivity index (χ0) is 12.1. The Bertz CT molecular complexity index is 387. The van der Waals surface area contributed by atoms with Crippen molar-refractivity contribution in [2.45, 2.75) is 0 Å². The van der Waals surface area contributed by atoms with Gasteiger partial charge in [-0.3, -0.25) is 4.79 Å². The molecule has 2 N–H and O–H groups in total. The van der Waals surface area contributed by atoms with Crippen LogP contribution in [0.2, 0.25) is 0 Å². The molecule has 0 unspecified atom stereocenters. The van der Waals surface area contributed by atoms with Crippen LogP contribution in [0.5, 0.6) is 0 Å². The van der Waals surface area contributed by atoms with Gasteiger partial charge in [0, 0.05) is 0 Å². The van der Waals surface area contributed by atoms with Crippen molar-refractivity contribution in [1.82, 2.24) is 9.88 Å². The van der Waals surface area contributed by atoms with Crippen molar-refractivity contribution in [3.63, 3.8) is 0 Å². The van der Waals surface area contributed by atoms with Gasteiger partial charge < -0.3 is 15.3 Å². The van der Waals surface area contributed by atoms with Crippen LogP contribution in [0.1, 0.15) is 10.5 Å². The van der Waals surface area contributed by atoms with E-state index in [1.165, 1.54) is 18.3 Å². The molecule has 6 heteroatoms. The number of aromatic nitrogens is 1. The average molecular weight is 223 g/mol. The molecule has 86 valence electrons. The number of amides is 1. The van der Waals surface area contributed by atoms with Gasteiger partial charge in [0.2, 0.25) is 5.91 Å². The highest BCUT2D eigenvalue weighted by Gasteiger charge is 2.06. The number of nitrogens with one attached hydrogen (secondary N) is 1. The quantitative estimate of drug-likeness (QED) is 0.766. The number of carbonyl (C=O) groups excluding carboxylic acids is 1. The number of carboxylic acid groups (broad SMARTS) is 1. The average Bonchev–Trinajstić information content (AvgIpc) is 2.16. The highest BCUT2D eigenvalue weighted by Crippen LogP contribution is 2.05. The van der Waals surface area contributed by atoms with E-state index >= 15 is 0 Å². The third-order valence-electron chi connectivity index (χ3n) is 1.73. The number of likely N-dealkylation sites (N-methyl/N-ethyl adjacent to an activating group) is 1. The van der Waals surface area contributed by atoms with Crippen LogP contribution >= 0.6 is 0 Å². The fourth-order valence-electron chi connectivity index (χ4n) is 1.08. The lowest BCUT2D eigenvalue weighted by atomic mass is 10.3. The van der Waals surface area contributed by atoms with Gasteiger partial charge in [0.25, 0.3) is 0 Å². The second-order valence-corrected chi connectivity index (χ2v) is 3.52. The molecule has 0 saturated carbocycles. The first-order valence-electron chi connectivity index (χ1n) is 4.63. The highest BCUT2D eigenvalue weighted by molar-refractivity contribution is 5.92. The molecule has 1 amide bonds. The van der Waals surface area contributed by atoms with Gasteiger partial charge in [-0.15, -0.1) is 0 Å². The smallest absolute Gasteiger partial charge is 0.354 e. The summed E-state index contributed by atoms with van der Waals surface area (Å²) >= 11 is 0. The number of nitrogens with zero attached hydrogens (tertiary/aromatic N) is 2. The molecule has 1 aromatic rings. The molecular formula is C10H13N3O3. The fourth-order valence-corrected chi connectivity index (χ4v) is 1.08. The van der Waals surface area contributed by atoms with E-state index in [0.29, 0.717) is 5.69 Å². The lowest BCUT2D eigenvalue weighted by molar-refractivity contribution is -0.116.